The number of fused-ring (bicyclic) bond motifs is 7. The first-order chi connectivity index (χ1) is 30.0. The molecule has 1 aliphatic rings. The van der Waals surface area contributed by atoms with Gasteiger partial charge in [0.2, 0.25) is 6.79 Å². The van der Waals surface area contributed by atoms with Gasteiger partial charge in [-0.2, -0.15) is 0 Å². The standard InChI is InChI=1S/C53H38O8/c1-56-46-29-34(23-27-44(46)52(54)60-40-15-5-3-6-16-40)21-25-38-31-36-13-9-11-19-42(36)48-49-43-20-12-10-14-37(43)32-39(51(49)59-33-58-50(38)48)26-22-35-24-28-45(47(30-35)57-2)53(55)61-41-17-7-4-8-18-41/h3-32H,33H2,1-2H3/b25-21+,26-22+. The number of rotatable bonds is 10. The molecule has 0 aliphatic carbocycles. The molecule has 0 spiro atoms. The number of carbonyl (C=O) groups excluding carboxylic acids is 2. The monoisotopic (exact) mass is 802 g/mol. The first kappa shape index (κ1) is 38.4. The lowest BCUT2D eigenvalue weighted by Gasteiger charge is -2.17. The summed E-state index contributed by atoms with van der Waals surface area (Å²) in [6.45, 7) is -0.0313. The highest BCUT2D eigenvalue weighted by atomic mass is 16.7. The van der Waals surface area contributed by atoms with Crippen LogP contribution in [-0.4, -0.2) is 33.0 Å². The first-order valence-electron chi connectivity index (χ1n) is 19.6. The Morgan fingerprint density at radius 2 is 0.885 bits per heavy atom. The average molecular weight is 803 g/mol. The molecule has 0 atom stereocenters. The van der Waals surface area contributed by atoms with Crippen LogP contribution in [0.4, 0.5) is 0 Å². The molecule has 8 nitrogen and oxygen atoms in total. The van der Waals surface area contributed by atoms with E-state index in [1.165, 1.54) is 14.2 Å². The molecule has 0 saturated heterocycles. The molecule has 8 aromatic rings. The maximum atomic E-state index is 13.1. The van der Waals surface area contributed by atoms with Gasteiger partial charge in [0.05, 0.1) is 14.2 Å². The topological polar surface area (TPSA) is 89.5 Å². The molecule has 9 rings (SSSR count). The van der Waals surface area contributed by atoms with Crippen LogP contribution in [-0.2, 0) is 0 Å². The van der Waals surface area contributed by atoms with Gasteiger partial charge in [0.15, 0.2) is 0 Å². The Bertz CT molecular complexity index is 2800. The third-order valence-electron chi connectivity index (χ3n) is 10.4. The zero-order valence-corrected chi connectivity index (χ0v) is 33.3. The van der Waals surface area contributed by atoms with Gasteiger partial charge in [-0.3, -0.25) is 0 Å². The Labute approximate surface area is 352 Å². The van der Waals surface area contributed by atoms with E-state index in [2.05, 4.69) is 36.4 Å². The summed E-state index contributed by atoms with van der Waals surface area (Å²) in [5.41, 5.74) is 5.78. The van der Waals surface area contributed by atoms with Gasteiger partial charge in [0.25, 0.3) is 0 Å². The summed E-state index contributed by atoms with van der Waals surface area (Å²) in [5, 5.41) is 4.07. The zero-order valence-electron chi connectivity index (χ0n) is 33.3. The van der Waals surface area contributed by atoms with E-state index in [4.69, 9.17) is 28.4 Å². The second-order valence-corrected chi connectivity index (χ2v) is 14.2. The minimum atomic E-state index is -0.509. The molecule has 0 bridgehead atoms. The van der Waals surface area contributed by atoms with Crippen molar-refractivity contribution in [2.45, 2.75) is 0 Å². The molecule has 0 unspecified atom stereocenters. The molecule has 0 N–H and O–H groups in total. The van der Waals surface area contributed by atoms with Gasteiger partial charge in [-0.1, -0.05) is 121 Å². The van der Waals surface area contributed by atoms with Gasteiger partial charge in [-0.05, 0) is 93.3 Å². The molecule has 298 valence electrons. The van der Waals surface area contributed by atoms with Crippen molar-refractivity contribution in [2.75, 3.05) is 21.0 Å². The lowest BCUT2D eigenvalue weighted by Crippen LogP contribution is -2.10. The van der Waals surface area contributed by atoms with Crippen LogP contribution < -0.4 is 28.4 Å². The van der Waals surface area contributed by atoms with Crippen LogP contribution in [0.25, 0.3) is 57.0 Å². The fraction of sp³-hybridized carbons (Fsp3) is 0.0566. The number of carbonyl (C=O) groups is 2. The summed E-state index contributed by atoms with van der Waals surface area (Å²) in [6, 6.07) is 49.3. The quantitative estimate of drug-likeness (QED) is 0.0767. The second-order valence-electron chi connectivity index (χ2n) is 14.2. The summed E-state index contributed by atoms with van der Waals surface area (Å²) < 4.78 is 35.5. The lowest BCUT2D eigenvalue weighted by atomic mass is 9.88. The Balaban J connectivity index is 1.10. The van der Waals surface area contributed by atoms with Crippen molar-refractivity contribution in [1.29, 1.82) is 0 Å². The second kappa shape index (κ2) is 17.0. The third kappa shape index (κ3) is 7.90. The van der Waals surface area contributed by atoms with Crippen molar-refractivity contribution in [2.24, 2.45) is 0 Å². The van der Waals surface area contributed by atoms with Gasteiger partial charge < -0.3 is 28.4 Å². The summed E-state index contributed by atoms with van der Waals surface area (Å²) >= 11 is 0. The normalized spacial score (nSPS) is 12.0. The van der Waals surface area contributed by atoms with Gasteiger partial charge in [0, 0.05) is 22.3 Å². The molecule has 8 aromatic carbocycles. The highest BCUT2D eigenvalue weighted by Gasteiger charge is 2.26. The summed E-state index contributed by atoms with van der Waals surface area (Å²) in [6.07, 6.45) is 7.94. The van der Waals surface area contributed by atoms with Gasteiger partial charge in [0.1, 0.15) is 45.6 Å². The maximum absolute atomic E-state index is 13.1. The number of hydrogen-bond donors (Lipinski definition) is 0. The molecule has 8 heteroatoms. The average Bonchev–Trinajstić information content (AvgIpc) is 3.51. The SMILES string of the molecule is COc1cc(/C=C/c2cc3ccccc3c3c2OCOc2c(/C=C/c4ccc(C(=O)Oc5ccccc5)c(OC)c4)cc4ccccc4c2-3)ccc1C(=O)Oc1ccccc1. The largest absolute Gasteiger partial charge is 0.496 e. The van der Waals surface area contributed by atoms with Crippen LogP contribution in [0, 0.1) is 0 Å². The zero-order chi connectivity index (χ0) is 41.7. The van der Waals surface area contributed by atoms with Crippen molar-refractivity contribution in [3.63, 3.8) is 0 Å². The first-order valence-corrected chi connectivity index (χ1v) is 19.6. The molecule has 61 heavy (non-hydrogen) atoms. The lowest BCUT2D eigenvalue weighted by molar-refractivity contribution is 0.0721. The van der Waals surface area contributed by atoms with E-state index in [-0.39, 0.29) is 6.79 Å². The molecule has 0 fully saturated rings. The van der Waals surface area contributed by atoms with Crippen molar-refractivity contribution in [3.05, 3.63) is 191 Å². The van der Waals surface area contributed by atoms with Crippen molar-refractivity contribution < 1.29 is 38.0 Å². The van der Waals surface area contributed by atoms with E-state index in [1.807, 2.05) is 109 Å². The molecular formula is C53H38O8. The minimum Gasteiger partial charge on any atom is -0.496 e. The molecule has 1 aliphatic heterocycles. The van der Waals surface area contributed by atoms with Gasteiger partial charge in [-0.25, -0.2) is 9.59 Å². The van der Waals surface area contributed by atoms with Crippen molar-refractivity contribution >= 4 is 57.8 Å². The molecule has 0 aromatic heterocycles. The minimum absolute atomic E-state index is 0.0313. The Morgan fingerprint density at radius 3 is 1.31 bits per heavy atom. The number of para-hydroxylation sites is 2. The molecular weight excluding hydrogens is 765 g/mol. The van der Waals surface area contributed by atoms with Crippen LogP contribution in [0.3, 0.4) is 0 Å². The smallest absolute Gasteiger partial charge is 0.347 e. The highest BCUT2D eigenvalue weighted by Crippen LogP contribution is 2.50. The van der Waals surface area contributed by atoms with E-state index in [9.17, 15) is 9.59 Å². The van der Waals surface area contributed by atoms with Crippen LogP contribution in [0.2, 0.25) is 0 Å². The molecule has 0 amide bonds. The van der Waals surface area contributed by atoms with Crippen LogP contribution in [0.1, 0.15) is 43.0 Å². The third-order valence-corrected chi connectivity index (χ3v) is 10.4. The predicted octanol–water partition coefficient (Wildman–Crippen LogP) is 12.2. The van der Waals surface area contributed by atoms with Crippen LogP contribution in [0.5, 0.6) is 34.5 Å². The molecule has 0 saturated carbocycles. The molecule has 0 radical (unpaired) electrons. The summed E-state index contributed by atoms with van der Waals surface area (Å²) in [5.74, 6) is 2.03. The van der Waals surface area contributed by atoms with E-state index >= 15 is 0 Å². The predicted molar refractivity (Wildman–Crippen MR) is 240 cm³/mol. The van der Waals surface area contributed by atoms with Gasteiger partial charge in [-0.15, -0.1) is 0 Å². The van der Waals surface area contributed by atoms with Gasteiger partial charge >= 0.3 is 11.9 Å². The number of hydrogen-bond acceptors (Lipinski definition) is 8. The maximum Gasteiger partial charge on any atom is 0.347 e. The number of methoxy groups -OCH3 is 2. The van der Waals surface area contributed by atoms with Crippen molar-refractivity contribution in [1.82, 2.24) is 0 Å². The highest BCUT2D eigenvalue weighted by molar-refractivity contribution is 6.13. The number of ether oxygens (including phenoxy) is 6. The van der Waals surface area contributed by atoms with Crippen molar-refractivity contribution in [3.8, 4) is 45.6 Å². The molecule has 1 heterocycles. The Kier molecular flexibility index (Phi) is 10.7. The number of esters is 2. The van der Waals surface area contributed by atoms with E-state index in [1.54, 1.807) is 36.4 Å². The van der Waals surface area contributed by atoms with Crippen LogP contribution >= 0.6 is 0 Å². The summed E-state index contributed by atoms with van der Waals surface area (Å²) in [7, 11) is 3.06. The Morgan fingerprint density at radius 1 is 0.475 bits per heavy atom. The Hall–Kier alpha value is -8.10. The fourth-order valence-corrected chi connectivity index (χ4v) is 7.54. The van der Waals surface area contributed by atoms with Crippen LogP contribution in [0.15, 0.2) is 158 Å². The van der Waals surface area contributed by atoms with E-state index in [0.29, 0.717) is 45.6 Å². The number of benzene rings is 8. The fourth-order valence-electron chi connectivity index (χ4n) is 7.54. The summed E-state index contributed by atoms with van der Waals surface area (Å²) in [4.78, 5) is 26.1. The van der Waals surface area contributed by atoms with E-state index < -0.39 is 11.9 Å². The van der Waals surface area contributed by atoms with E-state index in [0.717, 1.165) is 54.9 Å².